The van der Waals surface area contributed by atoms with Gasteiger partial charge in [-0.3, -0.25) is 0 Å². The highest BCUT2D eigenvalue weighted by molar-refractivity contribution is 7.99. The van der Waals surface area contributed by atoms with Gasteiger partial charge in [0.25, 0.3) is 0 Å². The summed E-state index contributed by atoms with van der Waals surface area (Å²) in [6.45, 7) is 4.42. The Morgan fingerprint density at radius 3 is 2.83 bits per heavy atom. The zero-order valence-electron chi connectivity index (χ0n) is 11.1. The van der Waals surface area contributed by atoms with Gasteiger partial charge in [0.05, 0.1) is 0 Å². The molecule has 0 bridgehead atoms. The maximum Gasteiger partial charge on any atom is 0.198 e. The molecule has 0 aliphatic rings. The average molecular weight is 265 g/mol. The zero-order chi connectivity index (χ0) is 13.0. The van der Waals surface area contributed by atoms with Gasteiger partial charge < -0.3 is 8.98 Å². The number of hydrogen-bond acceptors (Lipinski definition) is 4. The summed E-state index contributed by atoms with van der Waals surface area (Å²) in [5.74, 6) is 1.62. The Balaban J connectivity index is 2.08. The van der Waals surface area contributed by atoms with Gasteiger partial charge in [0.2, 0.25) is 0 Å². The molecule has 2 aromatic rings. The molecular formula is C13H19N3OS. The Kier molecular flexibility index (Phi) is 4.47. The molecule has 0 spiro atoms. The summed E-state index contributed by atoms with van der Waals surface area (Å²) in [7, 11) is 1.93. The van der Waals surface area contributed by atoms with Gasteiger partial charge in [0.1, 0.15) is 12.1 Å². The van der Waals surface area contributed by atoms with Crippen molar-refractivity contribution in [3.05, 3.63) is 24.2 Å². The molecular weight excluding hydrogens is 246 g/mol. The lowest BCUT2D eigenvalue weighted by atomic mass is 9.98. The van der Waals surface area contributed by atoms with Crippen LogP contribution in [0.3, 0.4) is 0 Å². The molecule has 0 radical (unpaired) electrons. The number of furan rings is 1. The van der Waals surface area contributed by atoms with Crippen LogP contribution >= 0.6 is 11.8 Å². The highest BCUT2D eigenvalue weighted by Crippen LogP contribution is 2.32. The van der Waals surface area contributed by atoms with E-state index in [-0.39, 0.29) is 0 Å². The van der Waals surface area contributed by atoms with Crippen LogP contribution in [0.2, 0.25) is 0 Å². The fraction of sp³-hybridized carbons (Fsp3) is 0.538. The highest BCUT2D eigenvalue weighted by Gasteiger charge is 2.14. The average Bonchev–Trinajstić information content (AvgIpc) is 2.97. The van der Waals surface area contributed by atoms with Gasteiger partial charge in [0, 0.05) is 13.0 Å². The van der Waals surface area contributed by atoms with Gasteiger partial charge in [-0.2, -0.15) is 0 Å². The molecule has 0 saturated heterocycles. The molecule has 0 aliphatic heterocycles. The normalized spacial score (nSPS) is 12.8. The van der Waals surface area contributed by atoms with E-state index >= 15 is 0 Å². The van der Waals surface area contributed by atoms with Gasteiger partial charge in [-0.15, -0.1) is 10.2 Å². The van der Waals surface area contributed by atoms with Crippen LogP contribution in [0.15, 0.2) is 33.1 Å². The van der Waals surface area contributed by atoms with Crippen molar-refractivity contribution in [1.29, 1.82) is 0 Å². The van der Waals surface area contributed by atoms with Crippen LogP contribution in [-0.2, 0) is 7.05 Å². The summed E-state index contributed by atoms with van der Waals surface area (Å²) >= 11 is 1.51. The molecule has 2 aromatic heterocycles. The first-order chi connectivity index (χ1) is 8.74. The number of aryl methyl sites for hydroxylation is 1. The molecule has 1 unspecified atom stereocenters. The van der Waals surface area contributed by atoms with Crippen LogP contribution in [0.5, 0.6) is 0 Å². The van der Waals surface area contributed by atoms with Crippen molar-refractivity contribution in [2.75, 3.05) is 0 Å². The van der Waals surface area contributed by atoms with Gasteiger partial charge >= 0.3 is 0 Å². The summed E-state index contributed by atoms with van der Waals surface area (Å²) in [5, 5.41) is 9.63. The SMILES string of the molecule is CCCC(CC)c1ccc(Sc2nncn2C)o1. The zero-order valence-corrected chi connectivity index (χ0v) is 11.9. The van der Waals surface area contributed by atoms with Crippen molar-refractivity contribution in [1.82, 2.24) is 14.8 Å². The summed E-state index contributed by atoms with van der Waals surface area (Å²) in [4.78, 5) is 0. The fourth-order valence-corrected chi connectivity index (χ4v) is 2.69. The quantitative estimate of drug-likeness (QED) is 0.795. The largest absolute Gasteiger partial charge is 0.454 e. The number of nitrogens with zero attached hydrogens (tertiary/aromatic N) is 3. The second-order valence-electron chi connectivity index (χ2n) is 4.38. The minimum atomic E-state index is 0.531. The molecule has 4 nitrogen and oxygen atoms in total. The molecule has 2 heterocycles. The molecule has 0 fully saturated rings. The van der Waals surface area contributed by atoms with Gasteiger partial charge in [0.15, 0.2) is 10.2 Å². The molecule has 5 heteroatoms. The van der Waals surface area contributed by atoms with Gasteiger partial charge in [-0.05, 0) is 36.7 Å². The van der Waals surface area contributed by atoms with Crippen LogP contribution < -0.4 is 0 Å². The first-order valence-corrected chi connectivity index (χ1v) is 7.17. The first kappa shape index (κ1) is 13.2. The van der Waals surface area contributed by atoms with Gasteiger partial charge in [-0.1, -0.05) is 20.3 Å². The lowest BCUT2D eigenvalue weighted by Gasteiger charge is -2.09. The Morgan fingerprint density at radius 2 is 2.22 bits per heavy atom. The van der Waals surface area contributed by atoms with Crippen molar-refractivity contribution in [2.24, 2.45) is 7.05 Å². The van der Waals surface area contributed by atoms with E-state index in [2.05, 4.69) is 30.1 Å². The Morgan fingerprint density at radius 1 is 1.39 bits per heavy atom. The first-order valence-electron chi connectivity index (χ1n) is 6.36. The van der Waals surface area contributed by atoms with E-state index in [1.54, 1.807) is 6.33 Å². The minimum Gasteiger partial charge on any atom is -0.454 e. The smallest absolute Gasteiger partial charge is 0.198 e. The summed E-state index contributed by atoms with van der Waals surface area (Å²) in [6, 6.07) is 4.11. The molecule has 0 saturated carbocycles. The van der Waals surface area contributed by atoms with E-state index in [9.17, 15) is 0 Å². The predicted octanol–water partition coefficient (Wildman–Crippen LogP) is 3.85. The second kappa shape index (κ2) is 6.09. The van der Waals surface area contributed by atoms with Gasteiger partial charge in [-0.25, -0.2) is 0 Å². The Bertz CT molecular complexity index is 492. The van der Waals surface area contributed by atoms with Crippen molar-refractivity contribution in [3.8, 4) is 0 Å². The summed E-state index contributed by atoms with van der Waals surface area (Å²) in [6.07, 6.45) is 5.18. The van der Waals surface area contributed by atoms with E-state index in [0.717, 1.165) is 22.4 Å². The van der Waals surface area contributed by atoms with Crippen LogP contribution in [0.4, 0.5) is 0 Å². The molecule has 1 atom stereocenters. The maximum atomic E-state index is 5.90. The van der Waals surface area contributed by atoms with Crippen LogP contribution in [-0.4, -0.2) is 14.8 Å². The molecule has 2 rings (SSSR count). The van der Waals surface area contributed by atoms with Crippen molar-refractivity contribution < 1.29 is 4.42 Å². The van der Waals surface area contributed by atoms with Crippen molar-refractivity contribution in [3.63, 3.8) is 0 Å². The summed E-state index contributed by atoms with van der Waals surface area (Å²) in [5.41, 5.74) is 0. The third kappa shape index (κ3) is 2.96. The van der Waals surface area contributed by atoms with Crippen LogP contribution in [0.25, 0.3) is 0 Å². The summed E-state index contributed by atoms with van der Waals surface area (Å²) < 4.78 is 7.78. The minimum absolute atomic E-state index is 0.531. The van der Waals surface area contributed by atoms with E-state index in [1.165, 1.54) is 24.6 Å². The molecule has 98 valence electrons. The standard InChI is InChI=1S/C13H19N3OS/c1-4-6-10(5-2)11-7-8-12(17-11)18-13-15-14-9-16(13)3/h7-10H,4-6H2,1-3H3. The van der Waals surface area contributed by atoms with Crippen LogP contribution in [0, 0.1) is 0 Å². The number of hydrogen-bond donors (Lipinski definition) is 0. The number of rotatable bonds is 6. The maximum absolute atomic E-state index is 5.90. The van der Waals surface area contributed by atoms with Crippen molar-refractivity contribution >= 4 is 11.8 Å². The Hall–Kier alpha value is -1.23. The fourth-order valence-electron chi connectivity index (χ4n) is 1.96. The third-order valence-electron chi connectivity index (χ3n) is 3.00. The van der Waals surface area contributed by atoms with E-state index in [4.69, 9.17) is 4.42 Å². The van der Waals surface area contributed by atoms with E-state index < -0.39 is 0 Å². The lowest BCUT2D eigenvalue weighted by Crippen LogP contribution is -1.94. The van der Waals surface area contributed by atoms with Crippen LogP contribution in [0.1, 0.15) is 44.8 Å². The van der Waals surface area contributed by atoms with E-state index in [1.807, 2.05) is 17.7 Å². The lowest BCUT2D eigenvalue weighted by molar-refractivity contribution is 0.384. The molecule has 18 heavy (non-hydrogen) atoms. The second-order valence-corrected chi connectivity index (χ2v) is 5.35. The third-order valence-corrected chi connectivity index (χ3v) is 3.97. The van der Waals surface area contributed by atoms with E-state index in [0.29, 0.717) is 5.92 Å². The molecule has 0 aliphatic carbocycles. The molecule has 0 amide bonds. The number of aromatic nitrogens is 3. The Labute approximate surface area is 112 Å². The topological polar surface area (TPSA) is 43.9 Å². The molecule has 0 N–H and O–H groups in total. The highest BCUT2D eigenvalue weighted by atomic mass is 32.2. The molecule has 0 aromatic carbocycles. The monoisotopic (exact) mass is 265 g/mol. The predicted molar refractivity (Wildman–Crippen MR) is 71.8 cm³/mol. The van der Waals surface area contributed by atoms with Crippen molar-refractivity contribution in [2.45, 2.75) is 49.3 Å².